The smallest absolute Gasteiger partial charge is 0.255 e. The van der Waals surface area contributed by atoms with Gasteiger partial charge in [0.15, 0.2) is 0 Å². The number of nitrogens with two attached hydrogens (primary N) is 1. The van der Waals surface area contributed by atoms with Crippen LogP contribution in [-0.4, -0.2) is 42.0 Å². The number of nitrogen functional groups attached to an aromatic ring is 1. The molecule has 0 aliphatic rings. The van der Waals surface area contributed by atoms with E-state index in [1.165, 1.54) is 0 Å². The van der Waals surface area contributed by atoms with E-state index in [-0.39, 0.29) is 11.7 Å². The van der Waals surface area contributed by atoms with Crippen LogP contribution in [0, 0.1) is 0 Å². The highest BCUT2D eigenvalue weighted by atomic mass is 16.1. The number of carbonyl (C=O) groups excluding carboxylic acids is 1. The van der Waals surface area contributed by atoms with E-state index < -0.39 is 0 Å². The lowest BCUT2D eigenvalue weighted by Gasteiger charge is -2.20. The Bertz CT molecular complexity index is 379. The number of rotatable bonds is 5. The van der Waals surface area contributed by atoms with Crippen LogP contribution in [0.2, 0.25) is 0 Å². The minimum atomic E-state index is -0.173. The van der Waals surface area contributed by atoms with Crippen LogP contribution >= 0.6 is 0 Å². The third kappa shape index (κ3) is 4.03. The van der Waals surface area contributed by atoms with Crippen molar-refractivity contribution in [1.29, 1.82) is 0 Å². The number of nitrogens with zero attached hydrogens (tertiary/aromatic N) is 2. The van der Waals surface area contributed by atoms with Crippen molar-refractivity contribution in [2.75, 3.05) is 25.9 Å². The summed E-state index contributed by atoms with van der Waals surface area (Å²) in [7, 11) is 2.02. The lowest BCUT2D eigenvalue weighted by molar-refractivity contribution is 0.0948. The molecule has 94 valence electrons. The highest BCUT2D eigenvalue weighted by Crippen LogP contribution is 2.05. The molecule has 17 heavy (non-hydrogen) atoms. The number of nitrogens with one attached hydrogen (secondary N) is 1. The minimum absolute atomic E-state index is 0.173. The van der Waals surface area contributed by atoms with Gasteiger partial charge in [-0.1, -0.05) is 0 Å². The van der Waals surface area contributed by atoms with E-state index in [2.05, 4.69) is 29.0 Å². The van der Waals surface area contributed by atoms with Gasteiger partial charge in [0, 0.05) is 25.3 Å². The first-order chi connectivity index (χ1) is 8.02. The molecule has 1 heterocycles. The average Bonchev–Trinajstić information content (AvgIpc) is 2.29. The molecule has 1 amide bonds. The molecule has 0 aromatic carbocycles. The lowest BCUT2D eigenvalue weighted by Crippen LogP contribution is -2.36. The van der Waals surface area contributed by atoms with Gasteiger partial charge in [-0.2, -0.15) is 0 Å². The fraction of sp³-hybridized carbons (Fsp3) is 0.500. The van der Waals surface area contributed by atoms with Crippen molar-refractivity contribution in [2.45, 2.75) is 19.9 Å². The lowest BCUT2D eigenvalue weighted by atomic mass is 10.2. The third-order valence-electron chi connectivity index (χ3n) is 2.71. The summed E-state index contributed by atoms with van der Waals surface area (Å²) in [5.74, 6) is 0.0926. The summed E-state index contributed by atoms with van der Waals surface area (Å²) in [6.07, 6.45) is 1.57. The number of carbonyl (C=O) groups is 1. The second-order valence-electron chi connectivity index (χ2n) is 4.27. The molecule has 0 bridgehead atoms. The Morgan fingerprint density at radius 3 is 2.88 bits per heavy atom. The summed E-state index contributed by atoms with van der Waals surface area (Å²) in [5.41, 5.74) is 6.05. The van der Waals surface area contributed by atoms with Crippen LogP contribution < -0.4 is 11.1 Å². The highest BCUT2D eigenvalue weighted by molar-refractivity contribution is 5.98. The molecule has 3 N–H and O–H groups in total. The highest BCUT2D eigenvalue weighted by Gasteiger charge is 2.09. The molecule has 0 aliphatic carbocycles. The number of aromatic nitrogens is 1. The van der Waals surface area contributed by atoms with Gasteiger partial charge in [0.05, 0.1) is 5.56 Å². The first kappa shape index (κ1) is 13.4. The standard InChI is InChI=1S/C12H20N4O/c1-9(2)16(3)8-7-15-12(17)10-5-4-6-14-11(10)13/h4-6,9H,7-8H2,1-3H3,(H2,13,14)(H,15,17). The summed E-state index contributed by atoms with van der Waals surface area (Å²) in [4.78, 5) is 17.8. The van der Waals surface area contributed by atoms with E-state index in [0.717, 1.165) is 6.54 Å². The number of likely N-dealkylation sites (N-methyl/N-ethyl adjacent to an activating group) is 1. The molecule has 1 rings (SSSR count). The molecular weight excluding hydrogens is 216 g/mol. The van der Waals surface area contributed by atoms with Crippen LogP contribution in [-0.2, 0) is 0 Å². The molecule has 0 aliphatic heterocycles. The van der Waals surface area contributed by atoms with E-state index in [0.29, 0.717) is 18.2 Å². The van der Waals surface area contributed by atoms with Gasteiger partial charge in [-0.3, -0.25) is 4.79 Å². The third-order valence-corrected chi connectivity index (χ3v) is 2.71. The summed E-state index contributed by atoms with van der Waals surface area (Å²) in [6.45, 7) is 5.63. The zero-order valence-corrected chi connectivity index (χ0v) is 10.6. The maximum atomic E-state index is 11.8. The van der Waals surface area contributed by atoms with Crippen molar-refractivity contribution in [2.24, 2.45) is 0 Å². The Hall–Kier alpha value is -1.62. The van der Waals surface area contributed by atoms with Gasteiger partial charge in [0.1, 0.15) is 5.82 Å². The van der Waals surface area contributed by atoms with Crippen molar-refractivity contribution in [3.05, 3.63) is 23.9 Å². The first-order valence-electron chi connectivity index (χ1n) is 5.71. The zero-order chi connectivity index (χ0) is 12.8. The summed E-state index contributed by atoms with van der Waals surface area (Å²) >= 11 is 0. The van der Waals surface area contributed by atoms with Crippen molar-refractivity contribution < 1.29 is 4.79 Å². The maximum absolute atomic E-state index is 11.8. The predicted octanol–water partition coefficient (Wildman–Crippen LogP) is 0.734. The maximum Gasteiger partial charge on any atom is 0.255 e. The van der Waals surface area contributed by atoms with Crippen molar-refractivity contribution in [1.82, 2.24) is 15.2 Å². The Kier molecular flexibility index (Phi) is 4.90. The van der Waals surface area contributed by atoms with Crippen molar-refractivity contribution in [3.8, 4) is 0 Å². The number of anilines is 1. The Balaban J connectivity index is 2.43. The Morgan fingerprint density at radius 1 is 1.59 bits per heavy atom. The zero-order valence-electron chi connectivity index (χ0n) is 10.6. The number of pyridine rings is 1. The summed E-state index contributed by atoms with van der Waals surface area (Å²) in [5, 5.41) is 2.82. The van der Waals surface area contributed by atoms with Crippen molar-refractivity contribution in [3.63, 3.8) is 0 Å². The average molecular weight is 236 g/mol. The largest absolute Gasteiger partial charge is 0.383 e. The summed E-state index contributed by atoms with van der Waals surface area (Å²) in [6, 6.07) is 3.84. The molecule has 5 heteroatoms. The molecule has 0 saturated heterocycles. The SMILES string of the molecule is CC(C)N(C)CCNC(=O)c1cccnc1N. The van der Waals surface area contributed by atoms with Crippen molar-refractivity contribution >= 4 is 11.7 Å². The molecule has 0 radical (unpaired) electrons. The van der Waals surface area contributed by atoms with Gasteiger partial charge in [0.25, 0.3) is 5.91 Å². The number of hydrogen-bond donors (Lipinski definition) is 2. The normalized spacial score (nSPS) is 10.9. The van der Waals surface area contributed by atoms with E-state index in [1.807, 2.05) is 7.05 Å². The van der Waals surface area contributed by atoms with E-state index in [9.17, 15) is 4.79 Å². The van der Waals surface area contributed by atoms with Gasteiger partial charge < -0.3 is 16.0 Å². The molecule has 0 unspecified atom stereocenters. The van der Waals surface area contributed by atoms with E-state index >= 15 is 0 Å². The van der Waals surface area contributed by atoms with Gasteiger partial charge >= 0.3 is 0 Å². The Labute approximate surface area is 102 Å². The first-order valence-corrected chi connectivity index (χ1v) is 5.71. The molecule has 0 fully saturated rings. The molecule has 0 saturated carbocycles. The van der Waals surface area contributed by atoms with E-state index in [4.69, 9.17) is 5.73 Å². The Morgan fingerprint density at radius 2 is 2.29 bits per heavy atom. The fourth-order valence-corrected chi connectivity index (χ4v) is 1.31. The molecule has 1 aromatic heterocycles. The topological polar surface area (TPSA) is 71.2 Å². The molecular formula is C12H20N4O. The van der Waals surface area contributed by atoms with Gasteiger partial charge in [-0.25, -0.2) is 4.98 Å². The molecule has 1 aromatic rings. The molecule has 5 nitrogen and oxygen atoms in total. The second kappa shape index (κ2) is 6.20. The second-order valence-corrected chi connectivity index (χ2v) is 4.27. The quantitative estimate of drug-likeness (QED) is 0.790. The van der Waals surface area contributed by atoms with Crippen LogP contribution in [0.15, 0.2) is 18.3 Å². The predicted molar refractivity (Wildman–Crippen MR) is 68.7 cm³/mol. The molecule has 0 spiro atoms. The van der Waals surface area contributed by atoms with E-state index in [1.54, 1.807) is 18.3 Å². The monoisotopic (exact) mass is 236 g/mol. The number of hydrogen-bond acceptors (Lipinski definition) is 4. The minimum Gasteiger partial charge on any atom is -0.383 e. The van der Waals surface area contributed by atoms with Crippen LogP contribution in [0.25, 0.3) is 0 Å². The fourth-order valence-electron chi connectivity index (χ4n) is 1.31. The van der Waals surface area contributed by atoms with Gasteiger partial charge in [0.2, 0.25) is 0 Å². The van der Waals surface area contributed by atoms with Crippen LogP contribution in [0.3, 0.4) is 0 Å². The van der Waals surface area contributed by atoms with Crippen LogP contribution in [0.4, 0.5) is 5.82 Å². The van der Waals surface area contributed by atoms with Crippen LogP contribution in [0.5, 0.6) is 0 Å². The number of amides is 1. The van der Waals surface area contributed by atoms with Gasteiger partial charge in [-0.05, 0) is 33.0 Å². The van der Waals surface area contributed by atoms with Crippen LogP contribution in [0.1, 0.15) is 24.2 Å². The summed E-state index contributed by atoms with van der Waals surface area (Å²) < 4.78 is 0. The molecule has 0 atom stereocenters. The van der Waals surface area contributed by atoms with Gasteiger partial charge in [-0.15, -0.1) is 0 Å².